The van der Waals surface area contributed by atoms with Crippen LogP contribution in [0.4, 0.5) is 10.5 Å². The number of amides is 3. The van der Waals surface area contributed by atoms with Gasteiger partial charge in [0.15, 0.2) is 0 Å². The van der Waals surface area contributed by atoms with Gasteiger partial charge in [-0.15, -0.1) is 0 Å². The largest absolute Gasteiger partial charge is 0.495 e. The van der Waals surface area contributed by atoms with E-state index in [-0.39, 0.29) is 11.5 Å². The molecule has 0 saturated carbocycles. The first-order valence-corrected chi connectivity index (χ1v) is 8.40. The van der Waals surface area contributed by atoms with Gasteiger partial charge in [-0.2, -0.15) is 0 Å². The van der Waals surface area contributed by atoms with E-state index in [0.717, 1.165) is 0 Å². The highest BCUT2D eigenvalue weighted by atomic mass is 16.6. The number of nitrogens with two attached hydrogens (primary N) is 1. The number of ether oxygens (including phenoxy) is 2. The molecular weight excluding hydrogens is 338 g/mol. The minimum absolute atomic E-state index is 0.247. The predicted molar refractivity (Wildman–Crippen MR) is 96.1 cm³/mol. The van der Waals surface area contributed by atoms with Gasteiger partial charge in [0.1, 0.15) is 17.4 Å². The number of benzene rings is 1. The Labute approximate surface area is 152 Å². The Hall–Kier alpha value is -2.77. The van der Waals surface area contributed by atoms with Gasteiger partial charge in [0.2, 0.25) is 11.8 Å². The van der Waals surface area contributed by atoms with Crippen molar-refractivity contribution in [2.45, 2.75) is 45.3 Å². The maximum Gasteiger partial charge on any atom is 0.410 e. The predicted octanol–water partition coefficient (Wildman–Crippen LogP) is 2.13. The molecule has 0 aliphatic carbocycles. The topological polar surface area (TPSA) is 111 Å². The highest BCUT2D eigenvalue weighted by Crippen LogP contribution is 2.28. The van der Waals surface area contributed by atoms with Gasteiger partial charge >= 0.3 is 6.09 Å². The highest BCUT2D eigenvalue weighted by molar-refractivity contribution is 6.00. The maximum atomic E-state index is 12.7. The zero-order chi connectivity index (χ0) is 19.5. The third-order valence-corrected chi connectivity index (χ3v) is 3.93. The van der Waals surface area contributed by atoms with Crippen molar-refractivity contribution in [2.24, 2.45) is 5.73 Å². The van der Waals surface area contributed by atoms with E-state index >= 15 is 0 Å². The first-order valence-electron chi connectivity index (χ1n) is 8.40. The Kier molecular flexibility index (Phi) is 5.74. The molecule has 0 aromatic heterocycles. The lowest BCUT2D eigenvalue weighted by Crippen LogP contribution is -2.45. The Morgan fingerprint density at radius 2 is 1.96 bits per heavy atom. The highest BCUT2D eigenvalue weighted by Gasteiger charge is 2.36. The van der Waals surface area contributed by atoms with E-state index in [1.165, 1.54) is 24.1 Å². The minimum Gasteiger partial charge on any atom is -0.495 e. The molecule has 26 heavy (non-hydrogen) atoms. The van der Waals surface area contributed by atoms with Crippen molar-refractivity contribution >= 4 is 23.6 Å². The summed E-state index contributed by atoms with van der Waals surface area (Å²) >= 11 is 0. The number of methoxy groups -OCH3 is 1. The zero-order valence-electron chi connectivity index (χ0n) is 15.5. The minimum atomic E-state index is -0.646. The van der Waals surface area contributed by atoms with Crippen LogP contribution in [0.5, 0.6) is 5.75 Å². The Balaban J connectivity index is 2.17. The SMILES string of the molecule is COc1ccc(C(N)=O)cc1NC(=O)[C@@H]1CCCN1C(=O)OC(C)(C)C. The molecule has 3 amide bonds. The van der Waals surface area contributed by atoms with Crippen LogP contribution in [0.2, 0.25) is 0 Å². The molecular formula is C18H25N3O5. The summed E-state index contributed by atoms with van der Waals surface area (Å²) < 4.78 is 10.6. The lowest BCUT2D eigenvalue weighted by Gasteiger charge is -2.28. The van der Waals surface area contributed by atoms with E-state index in [1.54, 1.807) is 26.8 Å². The third kappa shape index (κ3) is 4.65. The molecule has 1 aliphatic heterocycles. The molecule has 0 spiro atoms. The van der Waals surface area contributed by atoms with Crippen molar-refractivity contribution < 1.29 is 23.9 Å². The van der Waals surface area contributed by atoms with Crippen LogP contribution < -0.4 is 15.8 Å². The quantitative estimate of drug-likeness (QED) is 0.851. The summed E-state index contributed by atoms with van der Waals surface area (Å²) in [7, 11) is 1.46. The van der Waals surface area contributed by atoms with Crippen molar-refractivity contribution in [3.05, 3.63) is 23.8 Å². The summed E-state index contributed by atoms with van der Waals surface area (Å²) in [6.45, 7) is 5.77. The van der Waals surface area contributed by atoms with Crippen molar-refractivity contribution in [3.63, 3.8) is 0 Å². The number of nitrogens with one attached hydrogen (secondary N) is 1. The third-order valence-electron chi connectivity index (χ3n) is 3.93. The van der Waals surface area contributed by atoms with Gasteiger partial charge in [-0.3, -0.25) is 14.5 Å². The van der Waals surface area contributed by atoms with Crippen molar-refractivity contribution in [1.82, 2.24) is 4.90 Å². The average Bonchev–Trinajstić information content (AvgIpc) is 3.03. The molecule has 1 aliphatic rings. The lowest BCUT2D eigenvalue weighted by molar-refractivity contribution is -0.120. The molecule has 8 heteroatoms. The second-order valence-electron chi connectivity index (χ2n) is 7.10. The summed E-state index contributed by atoms with van der Waals surface area (Å²) in [4.78, 5) is 37.8. The average molecular weight is 363 g/mol. The molecule has 1 aromatic rings. The van der Waals surface area contributed by atoms with Gasteiger partial charge in [-0.1, -0.05) is 0 Å². The summed E-state index contributed by atoms with van der Waals surface area (Å²) in [6, 6.07) is 3.87. The zero-order valence-corrected chi connectivity index (χ0v) is 15.5. The van der Waals surface area contributed by atoms with Gasteiger partial charge in [0.25, 0.3) is 0 Å². The number of anilines is 1. The summed E-state index contributed by atoms with van der Waals surface area (Å²) in [6.07, 6.45) is 0.714. The Bertz CT molecular complexity index is 711. The van der Waals surface area contributed by atoms with E-state index < -0.39 is 23.6 Å². The van der Waals surface area contributed by atoms with Crippen LogP contribution >= 0.6 is 0 Å². The second-order valence-corrected chi connectivity index (χ2v) is 7.10. The summed E-state index contributed by atoms with van der Waals surface area (Å²) in [5.41, 5.74) is 5.22. The van der Waals surface area contributed by atoms with Gasteiger partial charge in [-0.05, 0) is 51.8 Å². The molecule has 1 fully saturated rings. The Morgan fingerprint density at radius 1 is 1.27 bits per heavy atom. The molecule has 3 N–H and O–H groups in total. The molecule has 8 nitrogen and oxygen atoms in total. The Morgan fingerprint density at radius 3 is 2.54 bits per heavy atom. The number of carbonyl (C=O) groups excluding carboxylic acids is 3. The maximum absolute atomic E-state index is 12.7. The molecule has 0 radical (unpaired) electrons. The van der Waals surface area contributed by atoms with Crippen LogP contribution in [0.25, 0.3) is 0 Å². The molecule has 142 valence electrons. The normalized spacial score (nSPS) is 16.9. The van der Waals surface area contributed by atoms with E-state index in [2.05, 4.69) is 5.32 Å². The van der Waals surface area contributed by atoms with E-state index in [4.69, 9.17) is 15.2 Å². The second kappa shape index (κ2) is 7.63. The molecule has 2 rings (SSSR count). The fraction of sp³-hybridized carbons (Fsp3) is 0.500. The first kappa shape index (κ1) is 19.6. The van der Waals surface area contributed by atoms with Gasteiger partial charge in [-0.25, -0.2) is 4.79 Å². The van der Waals surface area contributed by atoms with Crippen LogP contribution in [0.1, 0.15) is 44.0 Å². The number of hydrogen-bond acceptors (Lipinski definition) is 5. The van der Waals surface area contributed by atoms with Crippen LogP contribution in [0.15, 0.2) is 18.2 Å². The molecule has 1 saturated heterocycles. The van der Waals surface area contributed by atoms with Crippen molar-refractivity contribution in [2.75, 3.05) is 19.0 Å². The molecule has 0 unspecified atom stereocenters. The lowest BCUT2D eigenvalue weighted by atomic mass is 10.1. The number of hydrogen-bond donors (Lipinski definition) is 2. The summed E-state index contributed by atoms with van der Waals surface area (Å²) in [5.74, 6) is -0.585. The number of nitrogens with zero attached hydrogens (tertiary/aromatic N) is 1. The van der Waals surface area contributed by atoms with Gasteiger partial charge in [0.05, 0.1) is 12.8 Å². The fourth-order valence-electron chi connectivity index (χ4n) is 2.75. The van der Waals surface area contributed by atoms with Gasteiger partial charge in [0, 0.05) is 12.1 Å². The van der Waals surface area contributed by atoms with E-state index in [9.17, 15) is 14.4 Å². The number of primary amides is 1. The van der Waals surface area contributed by atoms with Crippen LogP contribution in [-0.2, 0) is 9.53 Å². The standard InChI is InChI=1S/C18H25N3O5/c1-18(2,3)26-17(24)21-9-5-6-13(21)16(23)20-12-10-11(15(19)22)7-8-14(12)25-4/h7-8,10,13H,5-6,9H2,1-4H3,(H2,19,22)(H,20,23)/t13-/m0/s1. The van der Waals surface area contributed by atoms with Crippen molar-refractivity contribution in [1.29, 1.82) is 0 Å². The van der Waals surface area contributed by atoms with E-state index in [0.29, 0.717) is 30.8 Å². The molecule has 1 atom stereocenters. The first-order chi connectivity index (χ1) is 12.1. The number of likely N-dealkylation sites (tertiary alicyclic amines) is 1. The van der Waals surface area contributed by atoms with Crippen LogP contribution in [0, 0.1) is 0 Å². The smallest absolute Gasteiger partial charge is 0.410 e. The molecule has 1 aromatic carbocycles. The molecule has 1 heterocycles. The van der Waals surface area contributed by atoms with Crippen LogP contribution in [-0.4, -0.2) is 48.1 Å². The van der Waals surface area contributed by atoms with E-state index in [1.807, 2.05) is 0 Å². The molecule has 0 bridgehead atoms. The number of rotatable bonds is 4. The monoisotopic (exact) mass is 363 g/mol. The fourth-order valence-corrected chi connectivity index (χ4v) is 2.75. The summed E-state index contributed by atoms with van der Waals surface area (Å²) in [5, 5.41) is 2.73. The number of carbonyl (C=O) groups is 3. The van der Waals surface area contributed by atoms with Crippen molar-refractivity contribution in [3.8, 4) is 5.75 Å². The van der Waals surface area contributed by atoms with Crippen LogP contribution in [0.3, 0.4) is 0 Å². The van der Waals surface area contributed by atoms with Gasteiger partial charge < -0.3 is 20.5 Å².